The summed E-state index contributed by atoms with van der Waals surface area (Å²) in [6.45, 7) is 0.920. The summed E-state index contributed by atoms with van der Waals surface area (Å²) < 4.78 is 18.5. The standard InChI is InChI=1S/C15H17FN4O2/c1-17-15(21)13-6-7-14(19-18-13)20(2)8-9-22-12-5-3-4-11(16)10-12/h3-7,10H,8-9H2,1-2H3,(H,17,21). The van der Waals surface area contributed by atoms with E-state index in [0.717, 1.165) is 0 Å². The van der Waals surface area contributed by atoms with Gasteiger partial charge in [-0.05, 0) is 24.3 Å². The number of carbonyl (C=O) groups excluding carboxylic acids is 1. The summed E-state index contributed by atoms with van der Waals surface area (Å²) in [4.78, 5) is 13.2. The van der Waals surface area contributed by atoms with Gasteiger partial charge in [0.25, 0.3) is 5.91 Å². The third kappa shape index (κ3) is 4.15. The summed E-state index contributed by atoms with van der Waals surface area (Å²) >= 11 is 0. The molecule has 0 bridgehead atoms. The molecule has 0 atom stereocenters. The Morgan fingerprint density at radius 3 is 2.77 bits per heavy atom. The van der Waals surface area contributed by atoms with Crippen LogP contribution in [0, 0.1) is 5.82 Å². The fourth-order valence-corrected chi connectivity index (χ4v) is 1.75. The lowest BCUT2D eigenvalue weighted by Gasteiger charge is -2.17. The van der Waals surface area contributed by atoms with Crippen LogP contribution < -0.4 is 15.0 Å². The van der Waals surface area contributed by atoms with Crippen molar-refractivity contribution in [2.75, 3.05) is 32.1 Å². The molecule has 116 valence electrons. The van der Waals surface area contributed by atoms with Crippen LogP contribution in [-0.4, -0.2) is 43.4 Å². The number of likely N-dealkylation sites (N-methyl/N-ethyl adjacent to an activating group) is 1. The smallest absolute Gasteiger partial charge is 0.271 e. The van der Waals surface area contributed by atoms with Gasteiger partial charge in [0.05, 0.1) is 6.54 Å². The zero-order chi connectivity index (χ0) is 15.9. The van der Waals surface area contributed by atoms with Crippen molar-refractivity contribution in [1.82, 2.24) is 15.5 Å². The van der Waals surface area contributed by atoms with Gasteiger partial charge < -0.3 is 15.0 Å². The molecule has 2 aromatic rings. The molecule has 0 aliphatic carbocycles. The van der Waals surface area contributed by atoms with E-state index in [1.165, 1.54) is 19.2 Å². The SMILES string of the molecule is CNC(=O)c1ccc(N(C)CCOc2cccc(F)c2)nn1. The van der Waals surface area contributed by atoms with Crippen molar-refractivity contribution in [3.63, 3.8) is 0 Å². The number of carbonyl (C=O) groups is 1. The highest BCUT2D eigenvalue weighted by Crippen LogP contribution is 2.12. The summed E-state index contributed by atoms with van der Waals surface area (Å²) in [5.74, 6) is 0.489. The molecule has 1 N–H and O–H groups in total. The Morgan fingerprint density at radius 2 is 2.14 bits per heavy atom. The average Bonchev–Trinajstić information content (AvgIpc) is 2.54. The van der Waals surface area contributed by atoms with E-state index in [9.17, 15) is 9.18 Å². The van der Waals surface area contributed by atoms with Gasteiger partial charge in [-0.2, -0.15) is 0 Å². The van der Waals surface area contributed by atoms with Gasteiger partial charge in [-0.15, -0.1) is 10.2 Å². The molecule has 7 heteroatoms. The minimum Gasteiger partial charge on any atom is -0.492 e. The van der Waals surface area contributed by atoms with Crippen LogP contribution in [0.15, 0.2) is 36.4 Å². The molecule has 1 aromatic heterocycles. The van der Waals surface area contributed by atoms with Crippen LogP contribution in [0.1, 0.15) is 10.5 Å². The molecular formula is C15H17FN4O2. The molecule has 0 radical (unpaired) electrons. The number of amides is 1. The van der Waals surface area contributed by atoms with Gasteiger partial charge in [-0.1, -0.05) is 6.07 Å². The first-order valence-corrected chi connectivity index (χ1v) is 6.75. The second-order valence-electron chi connectivity index (χ2n) is 4.58. The number of nitrogens with zero attached hydrogens (tertiary/aromatic N) is 3. The van der Waals surface area contributed by atoms with Crippen molar-refractivity contribution in [2.45, 2.75) is 0 Å². The van der Waals surface area contributed by atoms with Gasteiger partial charge in [0.15, 0.2) is 11.5 Å². The Bertz CT molecular complexity index is 634. The molecule has 0 spiro atoms. The van der Waals surface area contributed by atoms with Crippen LogP contribution >= 0.6 is 0 Å². The highest BCUT2D eigenvalue weighted by Gasteiger charge is 2.08. The van der Waals surface area contributed by atoms with E-state index in [2.05, 4.69) is 15.5 Å². The second kappa shape index (κ2) is 7.35. The van der Waals surface area contributed by atoms with E-state index in [1.54, 1.807) is 24.3 Å². The van der Waals surface area contributed by atoms with Crippen molar-refractivity contribution < 1.29 is 13.9 Å². The Labute approximate surface area is 127 Å². The molecule has 1 heterocycles. The Hall–Kier alpha value is -2.70. The van der Waals surface area contributed by atoms with Crippen molar-refractivity contribution in [3.8, 4) is 5.75 Å². The summed E-state index contributed by atoms with van der Waals surface area (Å²) in [6, 6.07) is 9.30. The van der Waals surface area contributed by atoms with Crippen molar-refractivity contribution in [2.24, 2.45) is 0 Å². The average molecular weight is 304 g/mol. The van der Waals surface area contributed by atoms with Crippen molar-refractivity contribution in [3.05, 3.63) is 47.9 Å². The first-order chi connectivity index (χ1) is 10.6. The first-order valence-electron chi connectivity index (χ1n) is 6.75. The normalized spacial score (nSPS) is 10.1. The molecule has 2 rings (SSSR count). The Balaban J connectivity index is 1.86. The number of hydrogen-bond donors (Lipinski definition) is 1. The molecule has 0 unspecified atom stereocenters. The van der Waals surface area contributed by atoms with Crippen molar-refractivity contribution in [1.29, 1.82) is 0 Å². The Morgan fingerprint density at radius 1 is 1.32 bits per heavy atom. The molecule has 0 aliphatic rings. The maximum Gasteiger partial charge on any atom is 0.271 e. The largest absolute Gasteiger partial charge is 0.492 e. The van der Waals surface area contributed by atoms with E-state index in [1.807, 2.05) is 11.9 Å². The van der Waals surface area contributed by atoms with E-state index in [-0.39, 0.29) is 17.4 Å². The maximum atomic E-state index is 13.0. The van der Waals surface area contributed by atoms with Crippen LogP contribution in [0.25, 0.3) is 0 Å². The van der Waals surface area contributed by atoms with Crippen LogP contribution in [0.3, 0.4) is 0 Å². The fraction of sp³-hybridized carbons (Fsp3) is 0.267. The zero-order valence-electron chi connectivity index (χ0n) is 12.4. The second-order valence-corrected chi connectivity index (χ2v) is 4.58. The zero-order valence-corrected chi connectivity index (χ0v) is 12.4. The maximum absolute atomic E-state index is 13.0. The fourth-order valence-electron chi connectivity index (χ4n) is 1.75. The lowest BCUT2D eigenvalue weighted by molar-refractivity contribution is 0.0957. The number of rotatable bonds is 6. The van der Waals surface area contributed by atoms with E-state index >= 15 is 0 Å². The van der Waals surface area contributed by atoms with E-state index in [0.29, 0.717) is 24.7 Å². The van der Waals surface area contributed by atoms with Crippen LogP contribution in [0.5, 0.6) is 5.75 Å². The lowest BCUT2D eigenvalue weighted by Crippen LogP contribution is -2.26. The predicted molar refractivity (Wildman–Crippen MR) is 80.6 cm³/mol. The lowest BCUT2D eigenvalue weighted by atomic mass is 10.3. The van der Waals surface area contributed by atoms with Gasteiger partial charge in [-0.25, -0.2) is 4.39 Å². The number of nitrogens with one attached hydrogen (secondary N) is 1. The van der Waals surface area contributed by atoms with Gasteiger partial charge >= 0.3 is 0 Å². The number of anilines is 1. The number of halogens is 1. The van der Waals surface area contributed by atoms with E-state index < -0.39 is 0 Å². The van der Waals surface area contributed by atoms with Crippen LogP contribution in [0.4, 0.5) is 10.2 Å². The molecule has 22 heavy (non-hydrogen) atoms. The Kier molecular flexibility index (Phi) is 5.24. The molecule has 1 amide bonds. The monoisotopic (exact) mass is 304 g/mol. The van der Waals surface area contributed by atoms with E-state index in [4.69, 9.17) is 4.74 Å². The third-order valence-electron chi connectivity index (χ3n) is 2.99. The van der Waals surface area contributed by atoms with Gasteiger partial charge in [0.2, 0.25) is 0 Å². The first kappa shape index (κ1) is 15.7. The van der Waals surface area contributed by atoms with Gasteiger partial charge in [0, 0.05) is 20.2 Å². The highest BCUT2D eigenvalue weighted by molar-refractivity contribution is 5.91. The predicted octanol–water partition coefficient (Wildman–Crippen LogP) is 1.49. The van der Waals surface area contributed by atoms with Gasteiger partial charge in [-0.3, -0.25) is 4.79 Å². The molecule has 0 aliphatic heterocycles. The quantitative estimate of drug-likeness (QED) is 0.876. The summed E-state index contributed by atoms with van der Waals surface area (Å²) in [6.07, 6.45) is 0. The topological polar surface area (TPSA) is 67.4 Å². The van der Waals surface area contributed by atoms with Crippen molar-refractivity contribution >= 4 is 11.7 Å². The number of aromatic nitrogens is 2. The molecule has 0 fully saturated rings. The number of hydrogen-bond acceptors (Lipinski definition) is 5. The van der Waals surface area contributed by atoms with Crippen LogP contribution in [0.2, 0.25) is 0 Å². The minimum atomic E-state index is -0.332. The molecule has 1 aromatic carbocycles. The highest BCUT2D eigenvalue weighted by atomic mass is 19.1. The molecule has 0 saturated heterocycles. The summed E-state index contributed by atoms with van der Waals surface area (Å²) in [7, 11) is 3.37. The third-order valence-corrected chi connectivity index (χ3v) is 2.99. The molecular weight excluding hydrogens is 287 g/mol. The summed E-state index contributed by atoms with van der Waals surface area (Å²) in [5, 5.41) is 10.3. The molecule has 6 nitrogen and oxygen atoms in total. The number of ether oxygens (including phenoxy) is 1. The minimum absolute atomic E-state index is 0.260. The van der Waals surface area contributed by atoms with Crippen LogP contribution in [-0.2, 0) is 0 Å². The van der Waals surface area contributed by atoms with Gasteiger partial charge in [0.1, 0.15) is 18.2 Å². The molecule has 0 saturated carbocycles. The summed E-state index contributed by atoms with van der Waals surface area (Å²) in [5.41, 5.74) is 0.260. The number of benzene rings is 1.